The van der Waals surface area contributed by atoms with Crippen molar-refractivity contribution in [3.05, 3.63) is 0 Å². The molecule has 0 saturated carbocycles. The van der Waals surface area contributed by atoms with Gasteiger partial charge in [0.15, 0.2) is 0 Å². The molecule has 0 fully saturated rings. The highest BCUT2D eigenvalue weighted by Gasteiger charge is 2.23. The van der Waals surface area contributed by atoms with Gasteiger partial charge in [0, 0.05) is 13.7 Å². The number of nitrogens with one attached hydrogen (secondary N) is 2. The summed E-state index contributed by atoms with van der Waals surface area (Å²) in [6, 6.07) is -1.69. The molecule has 0 rings (SSSR count). The largest absolute Gasteiger partial charge is 0.396 e. The number of amides is 3. The second-order valence-electron chi connectivity index (χ2n) is 4.86. The van der Waals surface area contributed by atoms with Crippen molar-refractivity contribution in [3.63, 3.8) is 0 Å². The first-order chi connectivity index (χ1) is 8.90. The normalized spacial score (nSPS) is 13.9. The quantitative estimate of drug-likeness (QED) is 0.458. The predicted octanol–water partition coefficient (Wildman–Crippen LogP) is -0.417. The third-order valence-corrected chi connectivity index (χ3v) is 2.53. The molecule has 0 aromatic rings. The Labute approximate surface area is 113 Å². The van der Waals surface area contributed by atoms with Crippen LogP contribution in [0.5, 0.6) is 0 Å². The van der Waals surface area contributed by atoms with Crippen molar-refractivity contribution >= 4 is 11.9 Å². The average molecular weight is 275 g/mol. The Balaban J connectivity index is 4.53. The van der Waals surface area contributed by atoms with Crippen molar-refractivity contribution in [1.82, 2.24) is 10.6 Å². The first-order valence-electron chi connectivity index (χ1n) is 6.36. The molecule has 0 aliphatic rings. The van der Waals surface area contributed by atoms with Crippen molar-refractivity contribution in [2.45, 2.75) is 38.8 Å². The van der Waals surface area contributed by atoms with Crippen LogP contribution >= 0.6 is 0 Å². The van der Waals surface area contributed by atoms with Crippen LogP contribution in [0.3, 0.4) is 0 Å². The lowest BCUT2D eigenvalue weighted by molar-refractivity contribution is -0.124. The fourth-order valence-electron chi connectivity index (χ4n) is 1.73. The number of hydrogen-bond acceptors (Lipinski definition) is 4. The van der Waals surface area contributed by atoms with E-state index in [4.69, 9.17) is 15.6 Å². The Kier molecular flexibility index (Phi) is 8.90. The number of hydrogen-bond donors (Lipinski definition) is 4. The van der Waals surface area contributed by atoms with Gasteiger partial charge in [0.2, 0.25) is 5.91 Å². The fraction of sp³-hybridized carbons (Fsp3) is 0.833. The number of aliphatic hydroxyl groups is 1. The van der Waals surface area contributed by atoms with E-state index in [1.165, 1.54) is 7.11 Å². The Hall–Kier alpha value is -1.34. The third kappa shape index (κ3) is 8.39. The zero-order chi connectivity index (χ0) is 14.8. The van der Waals surface area contributed by atoms with Gasteiger partial charge in [-0.15, -0.1) is 0 Å². The highest BCUT2D eigenvalue weighted by Crippen LogP contribution is 2.05. The van der Waals surface area contributed by atoms with Crippen LogP contribution in [0.4, 0.5) is 4.79 Å². The lowest BCUT2D eigenvalue weighted by Gasteiger charge is -2.23. The number of carbonyl (C=O) groups is 2. The summed E-state index contributed by atoms with van der Waals surface area (Å²) in [5.41, 5.74) is 5.06. The van der Waals surface area contributed by atoms with Gasteiger partial charge in [0.25, 0.3) is 0 Å². The van der Waals surface area contributed by atoms with Crippen LogP contribution in [0, 0.1) is 5.92 Å². The van der Waals surface area contributed by atoms with Crippen LogP contribution in [-0.2, 0) is 9.53 Å². The Morgan fingerprint density at radius 1 is 1.32 bits per heavy atom. The second-order valence-corrected chi connectivity index (χ2v) is 4.86. The maximum Gasteiger partial charge on any atom is 0.312 e. The van der Waals surface area contributed by atoms with Crippen LogP contribution in [0.25, 0.3) is 0 Å². The van der Waals surface area contributed by atoms with E-state index in [1.54, 1.807) is 0 Å². The lowest BCUT2D eigenvalue weighted by Crippen LogP contribution is -2.52. The molecule has 2 atom stereocenters. The molecule has 0 aliphatic heterocycles. The molecular formula is C12H25N3O4. The number of ether oxygens (including phenoxy) is 1. The van der Waals surface area contributed by atoms with Crippen molar-refractivity contribution in [1.29, 1.82) is 0 Å². The molecule has 7 nitrogen and oxygen atoms in total. The number of rotatable bonds is 9. The van der Waals surface area contributed by atoms with E-state index in [9.17, 15) is 9.59 Å². The Morgan fingerprint density at radius 3 is 2.37 bits per heavy atom. The van der Waals surface area contributed by atoms with Gasteiger partial charge in [-0.05, 0) is 18.8 Å². The van der Waals surface area contributed by atoms with Crippen molar-refractivity contribution < 1.29 is 19.4 Å². The molecule has 0 aliphatic carbocycles. The molecule has 2 unspecified atom stereocenters. The summed E-state index contributed by atoms with van der Waals surface area (Å²) < 4.78 is 4.96. The van der Waals surface area contributed by atoms with E-state index < -0.39 is 12.1 Å². The van der Waals surface area contributed by atoms with Gasteiger partial charge < -0.3 is 26.2 Å². The van der Waals surface area contributed by atoms with Gasteiger partial charge in [-0.2, -0.15) is 0 Å². The number of primary amides is 1. The third-order valence-electron chi connectivity index (χ3n) is 2.53. The van der Waals surface area contributed by atoms with Crippen LogP contribution in [0.15, 0.2) is 0 Å². The molecule has 0 radical (unpaired) electrons. The zero-order valence-corrected chi connectivity index (χ0v) is 11.8. The molecule has 5 N–H and O–H groups in total. The topological polar surface area (TPSA) is 114 Å². The van der Waals surface area contributed by atoms with Gasteiger partial charge in [0.05, 0.1) is 12.6 Å². The molecule has 0 spiro atoms. The minimum Gasteiger partial charge on any atom is -0.396 e. The van der Waals surface area contributed by atoms with Crippen molar-refractivity contribution in [3.8, 4) is 0 Å². The number of carbonyl (C=O) groups excluding carboxylic acids is 2. The molecule has 0 saturated heterocycles. The highest BCUT2D eigenvalue weighted by atomic mass is 16.5. The van der Waals surface area contributed by atoms with E-state index in [2.05, 4.69) is 10.6 Å². The molecule has 7 heteroatoms. The number of urea groups is 1. The van der Waals surface area contributed by atoms with Crippen LogP contribution < -0.4 is 16.4 Å². The molecule has 0 bridgehead atoms. The monoisotopic (exact) mass is 275 g/mol. The smallest absolute Gasteiger partial charge is 0.312 e. The standard InChI is InChI=1S/C12H25N3O4/c1-8(2)6-10(15-12(13)18)11(17)14-9(4-5-16)7-19-3/h8-10,16H,4-7H2,1-3H3,(H,14,17)(H3,13,15,18). The first kappa shape index (κ1) is 17.7. The SMILES string of the molecule is COCC(CCO)NC(=O)C(CC(C)C)NC(N)=O. The minimum absolute atomic E-state index is 0.0492. The van der Waals surface area contributed by atoms with Gasteiger partial charge in [-0.1, -0.05) is 13.8 Å². The number of methoxy groups -OCH3 is 1. The van der Waals surface area contributed by atoms with E-state index in [-0.39, 0.29) is 24.5 Å². The summed E-state index contributed by atoms with van der Waals surface area (Å²) in [4.78, 5) is 23.0. The number of aliphatic hydroxyl groups excluding tert-OH is 1. The van der Waals surface area contributed by atoms with E-state index in [1.807, 2.05) is 13.8 Å². The molecule has 0 aromatic carbocycles. The summed E-state index contributed by atoms with van der Waals surface area (Å²) in [6.07, 6.45) is 0.887. The van der Waals surface area contributed by atoms with Gasteiger partial charge >= 0.3 is 6.03 Å². The van der Waals surface area contributed by atoms with E-state index >= 15 is 0 Å². The fourth-order valence-corrected chi connectivity index (χ4v) is 1.73. The molecular weight excluding hydrogens is 250 g/mol. The Bertz CT molecular complexity index is 278. The maximum absolute atomic E-state index is 12.1. The maximum atomic E-state index is 12.1. The summed E-state index contributed by atoms with van der Waals surface area (Å²) >= 11 is 0. The van der Waals surface area contributed by atoms with E-state index in [0.29, 0.717) is 19.4 Å². The lowest BCUT2D eigenvalue weighted by atomic mass is 10.0. The van der Waals surface area contributed by atoms with E-state index in [0.717, 1.165) is 0 Å². The molecule has 3 amide bonds. The zero-order valence-electron chi connectivity index (χ0n) is 11.8. The molecule has 19 heavy (non-hydrogen) atoms. The molecule has 112 valence electrons. The van der Waals surface area contributed by atoms with Crippen LogP contribution in [0.2, 0.25) is 0 Å². The summed E-state index contributed by atoms with van der Waals surface area (Å²) in [6.45, 7) is 4.15. The highest BCUT2D eigenvalue weighted by molar-refractivity contribution is 5.86. The molecule has 0 heterocycles. The summed E-state index contributed by atoms with van der Waals surface area (Å²) in [5, 5.41) is 14.1. The molecule has 0 aromatic heterocycles. The van der Waals surface area contributed by atoms with Crippen LogP contribution in [-0.4, -0.2) is 49.5 Å². The van der Waals surface area contributed by atoms with Crippen molar-refractivity contribution in [2.24, 2.45) is 11.7 Å². The number of nitrogens with two attached hydrogens (primary N) is 1. The van der Waals surface area contributed by atoms with Crippen molar-refractivity contribution in [2.75, 3.05) is 20.3 Å². The summed E-state index contributed by atoms with van der Waals surface area (Å²) in [7, 11) is 1.52. The van der Waals surface area contributed by atoms with Gasteiger partial charge in [0.1, 0.15) is 6.04 Å². The van der Waals surface area contributed by atoms with Gasteiger partial charge in [-0.3, -0.25) is 4.79 Å². The first-order valence-corrected chi connectivity index (χ1v) is 6.36. The average Bonchev–Trinajstić information content (AvgIpc) is 2.27. The summed E-state index contributed by atoms with van der Waals surface area (Å²) in [5.74, 6) is -0.0793. The Morgan fingerprint density at radius 2 is 1.95 bits per heavy atom. The predicted molar refractivity (Wildman–Crippen MR) is 71.5 cm³/mol. The second kappa shape index (κ2) is 9.57. The van der Waals surface area contributed by atoms with Crippen LogP contribution in [0.1, 0.15) is 26.7 Å². The minimum atomic E-state index is -0.730. The van der Waals surface area contributed by atoms with Gasteiger partial charge in [-0.25, -0.2) is 4.79 Å².